The van der Waals surface area contributed by atoms with Gasteiger partial charge in [0.2, 0.25) is 23.6 Å². The zero-order valence-electron chi connectivity index (χ0n) is 55.1. The number of unbranched alkanes of at least 4 members (excludes halogenated alkanes) is 2. The Kier molecular flexibility index (Phi) is 19.7. The molecule has 6 aliphatic rings. The van der Waals surface area contributed by atoms with Crippen LogP contribution in [0.5, 0.6) is 11.5 Å². The molecule has 5 aromatic rings. The van der Waals surface area contributed by atoms with Gasteiger partial charge in [-0.05, 0) is 111 Å². The summed E-state index contributed by atoms with van der Waals surface area (Å²) in [6, 6.07) is 8.44. The molecule has 3 aliphatic carbocycles. The highest BCUT2D eigenvalue weighted by atomic mass is 35.5. The van der Waals surface area contributed by atoms with E-state index < -0.39 is 54.2 Å². The van der Waals surface area contributed by atoms with Gasteiger partial charge in [0.15, 0.2) is 17.4 Å². The maximum atomic E-state index is 15.2. The molecule has 26 nitrogen and oxygen atoms in total. The van der Waals surface area contributed by atoms with E-state index >= 15 is 4.79 Å². The average molecular weight is 1390 g/mol. The molecule has 29 heteroatoms. The first kappa shape index (κ1) is 69.8. The number of carbonyl (C=O) groups excluding carboxylic acids is 8. The maximum Gasteiger partial charge on any atom is 0.524 e. The lowest BCUT2D eigenvalue weighted by Crippen LogP contribution is -2.52. The van der Waals surface area contributed by atoms with E-state index in [2.05, 4.69) is 44.4 Å². The number of aromatic amines is 2. The van der Waals surface area contributed by atoms with Gasteiger partial charge in [0, 0.05) is 148 Å². The van der Waals surface area contributed by atoms with Crippen LogP contribution in [0.3, 0.4) is 0 Å². The van der Waals surface area contributed by atoms with Gasteiger partial charge in [-0.25, -0.2) is 14.2 Å². The van der Waals surface area contributed by atoms with Crippen LogP contribution in [0.2, 0.25) is 0 Å². The Hall–Kier alpha value is -8.55. The van der Waals surface area contributed by atoms with Crippen molar-refractivity contribution in [2.45, 2.75) is 116 Å². The molecule has 1 spiro atoms. The summed E-state index contributed by atoms with van der Waals surface area (Å²) in [5.74, 6) is -1.54. The second-order valence-electron chi connectivity index (χ2n) is 26.9. The number of primary amides is 1. The second-order valence-corrected chi connectivity index (χ2v) is 28.7. The number of urea groups is 1. The second kappa shape index (κ2) is 27.4. The molecule has 3 fully saturated rings. The molecule has 3 aliphatic heterocycles. The number of nitrogens with two attached hydrogens (primary N) is 1. The van der Waals surface area contributed by atoms with E-state index in [1.807, 2.05) is 58.2 Å². The first-order valence-electron chi connectivity index (χ1n) is 32.5. The molecule has 9 amide bonds. The number of rotatable bonds is 31. The van der Waals surface area contributed by atoms with Gasteiger partial charge in [-0.3, -0.25) is 43.5 Å². The van der Waals surface area contributed by atoms with E-state index in [1.54, 1.807) is 41.1 Å². The molecular formula is C68H83Cl2N12O14P. The standard InChI is InChI=1S/C68H83Cl2N12O14P/c1-37(2)58(77-51(83)14-10-9-11-22-80-52(84)19-20-53(80)85)61(86)76-46(13-12-21-72-64(71)89)40(5)75-45-17-15-42(16-18-45)33-94-41(6)78(7)23-24-79(8)65(90)95-49-25-47-56(54-38(3)29-73-59(49)54)43(27-69)31-81(47)62(87)66-34-67(36-68(66,67)35-66)63(88)82-32-44(28-70)57-48(82)26-50(96-97(91,92)93)60-55(57)39(4)30-74-60/h15-20,25-26,29-30,37,43-44,46,58,73-75H,5-6,9-14,21-24,27-28,31-36H2,1-4,7-8H3,(H,76,86)(H,77,83)(H3,71,72,89)(H2,91,92,93)/t43-,44?,46?,58?,66?,67?,68?/m1/s1. The van der Waals surface area contributed by atoms with Crippen LogP contribution in [0, 0.1) is 36.0 Å². The number of nitrogens with zero attached hydrogens (tertiary/aromatic N) is 5. The van der Waals surface area contributed by atoms with E-state index in [1.165, 1.54) is 23.1 Å². The number of likely N-dealkylation sites (N-methyl/N-ethyl adjacent to an activating group) is 2. The molecule has 0 bridgehead atoms. The molecule has 0 radical (unpaired) electrons. The van der Waals surface area contributed by atoms with Gasteiger partial charge in [0.05, 0.1) is 39.3 Å². The lowest BCUT2D eigenvalue weighted by molar-refractivity contribution is -0.137. The summed E-state index contributed by atoms with van der Waals surface area (Å²) >= 11 is 13.3. The van der Waals surface area contributed by atoms with Crippen LogP contribution < -0.4 is 46.1 Å². The van der Waals surface area contributed by atoms with Crippen molar-refractivity contribution in [2.24, 2.45) is 27.9 Å². The number of phosphoric ester groups is 1. The van der Waals surface area contributed by atoms with Gasteiger partial charge in [0.25, 0.3) is 11.8 Å². The zero-order valence-corrected chi connectivity index (χ0v) is 57.5. The molecule has 10 N–H and O–H groups in total. The lowest BCUT2D eigenvalue weighted by Gasteiger charge is -2.37. The fraction of sp³-hybridized carbons (Fsp3) is 0.471. The third-order valence-electron chi connectivity index (χ3n) is 20.3. The van der Waals surface area contributed by atoms with E-state index in [0.717, 1.165) is 38.1 Å². The van der Waals surface area contributed by atoms with Crippen molar-refractivity contribution in [3.8, 4) is 11.5 Å². The molecule has 3 aromatic carbocycles. The fourth-order valence-electron chi connectivity index (χ4n) is 15.0. The minimum atomic E-state index is -4.99. The number of ether oxygens (including phenoxy) is 2. The number of halogens is 2. The van der Waals surface area contributed by atoms with Gasteiger partial charge in [0.1, 0.15) is 12.6 Å². The number of anilines is 3. The van der Waals surface area contributed by atoms with Crippen LogP contribution in [-0.4, -0.2) is 159 Å². The molecule has 0 saturated heterocycles. The first-order chi connectivity index (χ1) is 46.1. The van der Waals surface area contributed by atoms with Gasteiger partial charge in [-0.15, -0.1) is 23.2 Å². The highest BCUT2D eigenvalue weighted by Gasteiger charge is 3.01. The Morgan fingerprint density at radius 1 is 0.794 bits per heavy atom. The number of benzene rings is 3. The third-order valence-corrected chi connectivity index (χ3v) is 21.5. The Labute approximate surface area is 571 Å². The number of aromatic nitrogens is 2. The number of fused-ring (bicyclic) bond motifs is 6. The molecular weight excluding hydrogens is 1310 g/mol. The Balaban J connectivity index is 0.671. The van der Waals surface area contributed by atoms with Crippen LogP contribution in [0.25, 0.3) is 21.8 Å². The minimum absolute atomic E-state index is 0.0812. The Bertz CT molecular complexity index is 4110. The number of phosphoric acid groups is 1. The molecule has 2 aromatic heterocycles. The van der Waals surface area contributed by atoms with Crippen LogP contribution in [-0.2, 0) is 44.7 Å². The maximum absolute atomic E-state index is 15.2. The number of hydrogen-bond acceptors (Lipinski definition) is 14. The Morgan fingerprint density at radius 3 is 1.91 bits per heavy atom. The molecule has 7 atom stereocenters. The average Bonchev–Trinajstić information content (AvgIpc) is 1.40. The quantitative estimate of drug-likeness (QED) is 0.00660. The topological polar surface area (TPSA) is 344 Å². The van der Waals surface area contributed by atoms with Gasteiger partial charge < -0.3 is 70.6 Å². The van der Waals surface area contributed by atoms with Crippen LogP contribution in [0.1, 0.15) is 111 Å². The number of H-pyrrole nitrogens is 2. The summed E-state index contributed by atoms with van der Waals surface area (Å²) in [7, 11) is -1.58. The predicted octanol–water partition coefficient (Wildman–Crippen LogP) is 8.48. The highest BCUT2D eigenvalue weighted by molar-refractivity contribution is 7.46. The number of nitrogens with one attached hydrogen (secondary N) is 6. The van der Waals surface area contributed by atoms with Gasteiger partial charge >= 0.3 is 19.9 Å². The van der Waals surface area contributed by atoms with Crippen LogP contribution in [0.15, 0.2) is 85.7 Å². The normalized spacial score (nSPS) is 21.5. The van der Waals surface area contributed by atoms with Crippen molar-refractivity contribution < 1.29 is 66.7 Å². The first-order valence-corrected chi connectivity index (χ1v) is 35.1. The van der Waals surface area contributed by atoms with Crippen molar-refractivity contribution in [2.75, 3.05) is 80.2 Å². The fourth-order valence-corrected chi connectivity index (χ4v) is 15.9. The summed E-state index contributed by atoms with van der Waals surface area (Å²) in [6.07, 6.45) is 9.36. The zero-order chi connectivity index (χ0) is 69.8. The number of alkyl halides is 2. The van der Waals surface area contributed by atoms with Crippen molar-refractivity contribution in [1.82, 2.24) is 40.6 Å². The summed E-state index contributed by atoms with van der Waals surface area (Å²) in [4.78, 5) is 140. The Morgan fingerprint density at radius 2 is 1.36 bits per heavy atom. The molecule has 11 rings (SSSR count). The molecule has 518 valence electrons. The predicted molar refractivity (Wildman–Crippen MR) is 366 cm³/mol. The summed E-state index contributed by atoms with van der Waals surface area (Å²) in [6.45, 7) is 17.6. The highest BCUT2D eigenvalue weighted by Crippen LogP contribution is 3.01. The van der Waals surface area contributed by atoms with Crippen molar-refractivity contribution in [1.29, 1.82) is 0 Å². The van der Waals surface area contributed by atoms with E-state index in [4.69, 9.17) is 42.9 Å². The monoisotopic (exact) mass is 1390 g/mol. The summed E-state index contributed by atoms with van der Waals surface area (Å²) < 4.78 is 29.6. The number of aryl methyl sites for hydroxylation is 2. The van der Waals surface area contributed by atoms with E-state index in [0.29, 0.717) is 110 Å². The van der Waals surface area contributed by atoms with E-state index in [9.17, 15) is 47.9 Å². The molecule has 97 heavy (non-hydrogen) atoms. The minimum Gasteiger partial charge on any atom is -0.475 e. The smallest absolute Gasteiger partial charge is 0.475 e. The lowest BCUT2D eigenvalue weighted by atomic mass is 9.72. The SMILES string of the molecule is C=C(Nc1ccc(COC(=C)N(C)CCN(C)C(=O)Oc2cc3c(c4c(C)c[nH]c24)[C@H](CCl)CN3C(=O)C23CC4(C(=O)N5CC(CCl)c6c5cc(OP(=O)(O)O)c5[nH]cc(C)c65)CC42C3)cc1)C(CCCNC(N)=O)NC(=O)C(NC(=O)CCCCCN1C(=O)C=CC1=O)C(C)C. The molecule has 3 saturated carbocycles. The van der Waals surface area contributed by atoms with Crippen molar-refractivity contribution >= 4 is 117 Å². The summed E-state index contributed by atoms with van der Waals surface area (Å²) in [5.41, 5.74) is 10.5. The van der Waals surface area contributed by atoms with Crippen LogP contribution in [0.4, 0.5) is 26.7 Å². The summed E-state index contributed by atoms with van der Waals surface area (Å²) in [5, 5.41) is 13.2. The van der Waals surface area contributed by atoms with E-state index in [-0.39, 0.29) is 110 Å². The number of amides is 9. The number of hydrogen-bond donors (Lipinski definition) is 9. The van der Waals surface area contributed by atoms with Crippen molar-refractivity contribution in [3.05, 3.63) is 113 Å². The number of imide groups is 1. The molecule has 5 heterocycles. The third kappa shape index (κ3) is 13.4. The van der Waals surface area contributed by atoms with Gasteiger partial charge in [-0.2, -0.15) is 0 Å². The van der Waals surface area contributed by atoms with Gasteiger partial charge in [-0.1, -0.05) is 39.0 Å². The number of carbonyl (C=O) groups is 8. The van der Waals surface area contributed by atoms with Crippen LogP contribution >= 0.6 is 31.0 Å². The molecule has 6 unspecified atom stereocenters. The van der Waals surface area contributed by atoms with Crippen molar-refractivity contribution in [3.63, 3.8) is 0 Å². The largest absolute Gasteiger partial charge is 0.524 e.